The average molecular weight is 538 g/mol. The first-order valence-corrected chi connectivity index (χ1v) is 14.1. The summed E-state index contributed by atoms with van der Waals surface area (Å²) >= 11 is 6.12. The fourth-order valence-corrected chi connectivity index (χ4v) is 4.81. The van der Waals surface area contributed by atoms with Crippen molar-refractivity contribution in [1.29, 1.82) is 0 Å². The quantitative estimate of drug-likeness (QED) is 0.415. The van der Waals surface area contributed by atoms with Crippen LogP contribution in [-0.2, 0) is 26.2 Å². The zero-order valence-corrected chi connectivity index (χ0v) is 23.1. The van der Waals surface area contributed by atoms with Crippen molar-refractivity contribution in [2.24, 2.45) is 5.92 Å². The number of anilines is 1. The summed E-state index contributed by atoms with van der Waals surface area (Å²) in [6.45, 7) is 6.51. The highest BCUT2D eigenvalue weighted by Crippen LogP contribution is 2.24. The van der Waals surface area contributed by atoms with E-state index < -0.39 is 16.1 Å². The number of carbonyl (C=O) groups is 2. The van der Waals surface area contributed by atoms with Crippen molar-refractivity contribution in [2.75, 3.05) is 30.8 Å². The summed E-state index contributed by atoms with van der Waals surface area (Å²) < 4.78 is 31.4. The van der Waals surface area contributed by atoms with E-state index in [1.54, 1.807) is 49.4 Å². The number of sulfonamides is 1. The molecule has 0 aromatic heterocycles. The van der Waals surface area contributed by atoms with Crippen LogP contribution >= 0.6 is 11.6 Å². The minimum absolute atomic E-state index is 0.0678. The Balaban J connectivity index is 2.17. The van der Waals surface area contributed by atoms with E-state index in [0.717, 1.165) is 11.8 Å². The normalized spacial score (nSPS) is 12.2. The Labute approximate surface area is 219 Å². The molecule has 0 unspecified atom stereocenters. The van der Waals surface area contributed by atoms with Gasteiger partial charge in [0, 0.05) is 37.1 Å². The van der Waals surface area contributed by atoms with Crippen LogP contribution in [0.2, 0.25) is 5.02 Å². The highest BCUT2D eigenvalue weighted by atomic mass is 35.5. The maximum absolute atomic E-state index is 13.3. The van der Waals surface area contributed by atoms with E-state index in [-0.39, 0.29) is 43.7 Å². The minimum Gasteiger partial charge on any atom is -0.497 e. The van der Waals surface area contributed by atoms with Gasteiger partial charge in [-0.3, -0.25) is 13.9 Å². The third-order valence-corrected chi connectivity index (χ3v) is 7.02. The summed E-state index contributed by atoms with van der Waals surface area (Å²) in [6, 6.07) is 13.2. The molecule has 0 saturated carbocycles. The van der Waals surface area contributed by atoms with Crippen LogP contribution in [0, 0.1) is 5.92 Å². The molecule has 0 aliphatic heterocycles. The Morgan fingerprint density at radius 1 is 1.08 bits per heavy atom. The molecule has 1 N–H and O–H groups in total. The van der Waals surface area contributed by atoms with Crippen LogP contribution in [0.25, 0.3) is 0 Å². The van der Waals surface area contributed by atoms with Crippen LogP contribution in [0.1, 0.15) is 39.2 Å². The van der Waals surface area contributed by atoms with Crippen molar-refractivity contribution >= 4 is 39.1 Å². The Morgan fingerprint density at radius 2 is 1.78 bits per heavy atom. The SMILES string of the molecule is COc1cccc(N(CCCC(=O)N(Cc2cccc(Cl)c2)[C@H](C)C(=O)NCC(C)C)S(C)(=O)=O)c1. The van der Waals surface area contributed by atoms with Gasteiger partial charge in [-0.2, -0.15) is 0 Å². The lowest BCUT2D eigenvalue weighted by Crippen LogP contribution is -2.48. The molecule has 0 aliphatic rings. The van der Waals surface area contributed by atoms with Crippen LogP contribution < -0.4 is 14.4 Å². The van der Waals surface area contributed by atoms with Crippen LogP contribution in [0.5, 0.6) is 5.75 Å². The van der Waals surface area contributed by atoms with Gasteiger partial charge >= 0.3 is 0 Å². The zero-order chi connectivity index (χ0) is 26.9. The van der Waals surface area contributed by atoms with E-state index in [9.17, 15) is 18.0 Å². The lowest BCUT2D eigenvalue weighted by molar-refractivity contribution is -0.140. The number of methoxy groups -OCH3 is 1. The fraction of sp³-hybridized carbons (Fsp3) is 0.462. The van der Waals surface area contributed by atoms with Crippen molar-refractivity contribution in [2.45, 2.75) is 46.2 Å². The number of nitrogens with zero attached hydrogens (tertiary/aromatic N) is 2. The molecular formula is C26H36ClN3O5S. The number of hydrogen-bond donors (Lipinski definition) is 1. The van der Waals surface area contributed by atoms with Crippen molar-refractivity contribution in [3.8, 4) is 5.75 Å². The summed E-state index contributed by atoms with van der Waals surface area (Å²) in [5, 5.41) is 3.42. The maximum atomic E-state index is 13.3. The molecule has 0 heterocycles. The molecule has 0 spiro atoms. The van der Waals surface area contributed by atoms with Gasteiger partial charge in [-0.25, -0.2) is 8.42 Å². The van der Waals surface area contributed by atoms with Gasteiger partial charge in [0.25, 0.3) is 0 Å². The highest BCUT2D eigenvalue weighted by Gasteiger charge is 2.27. The number of nitrogens with one attached hydrogen (secondary N) is 1. The molecule has 10 heteroatoms. The molecule has 2 aromatic carbocycles. The molecule has 8 nitrogen and oxygen atoms in total. The predicted octanol–water partition coefficient (Wildman–Crippen LogP) is 4.08. The third-order valence-electron chi connectivity index (χ3n) is 5.59. The van der Waals surface area contributed by atoms with Crippen LogP contribution in [0.15, 0.2) is 48.5 Å². The lowest BCUT2D eigenvalue weighted by atomic mass is 10.1. The number of halogens is 1. The zero-order valence-electron chi connectivity index (χ0n) is 21.5. The second-order valence-electron chi connectivity index (χ2n) is 9.11. The molecule has 36 heavy (non-hydrogen) atoms. The Hall–Kier alpha value is -2.78. The van der Waals surface area contributed by atoms with Crippen LogP contribution in [0.3, 0.4) is 0 Å². The van der Waals surface area contributed by atoms with Gasteiger partial charge in [-0.15, -0.1) is 0 Å². The van der Waals surface area contributed by atoms with E-state index in [0.29, 0.717) is 23.0 Å². The molecular weight excluding hydrogens is 502 g/mol. The Morgan fingerprint density at radius 3 is 2.39 bits per heavy atom. The first kappa shape index (κ1) is 29.5. The van der Waals surface area contributed by atoms with E-state index in [2.05, 4.69) is 5.32 Å². The van der Waals surface area contributed by atoms with Crippen molar-refractivity contribution in [3.05, 3.63) is 59.1 Å². The number of hydrogen-bond acceptors (Lipinski definition) is 5. The molecule has 0 aliphatic carbocycles. The Bertz CT molecular complexity index is 1140. The van der Waals surface area contributed by atoms with Gasteiger partial charge < -0.3 is 15.0 Å². The molecule has 0 fully saturated rings. The number of amides is 2. The summed E-state index contributed by atoms with van der Waals surface area (Å²) in [6.07, 6.45) is 1.47. The summed E-state index contributed by atoms with van der Waals surface area (Å²) in [7, 11) is -2.08. The standard InChI is InChI=1S/C26H36ClN3O5S/c1-19(2)17-28-26(32)20(3)29(18-21-9-6-10-22(27)15-21)25(31)13-8-14-30(36(5,33)34)23-11-7-12-24(16-23)35-4/h6-7,9-12,15-16,19-20H,8,13-14,17-18H2,1-5H3,(H,28,32)/t20-/m1/s1. The van der Waals surface area contributed by atoms with Crippen molar-refractivity contribution in [1.82, 2.24) is 10.2 Å². The largest absolute Gasteiger partial charge is 0.497 e. The number of carbonyl (C=O) groups excluding carboxylic acids is 2. The number of benzene rings is 2. The van der Waals surface area contributed by atoms with E-state index in [4.69, 9.17) is 16.3 Å². The number of rotatable bonds is 13. The monoisotopic (exact) mass is 537 g/mol. The van der Waals surface area contributed by atoms with Crippen molar-refractivity contribution < 1.29 is 22.7 Å². The second-order valence-corrected chi connectivity index (χ2v) is 11.4. The molecule has 2 aromatic rings. The minimum atomic E-state index is -3.59. The van der Waals surface area contributed by atoms with Crippen molar-refractivity contribution in [3.63, 3.8) is 0 Å². The molecule has 1 atom stereocenters. The smallest absolute Gasteiger partial charge is 0.242 e. The number of ether oxygens (including phenoxy) is 1. The van der Waals surface area contributed by atoms with Gasteiger partial charge in [0.1, 0.15) is 11.8 Å². The molecule has 2 amide bonds. The first-order valence-electron chi connectivity index (χ1n) is 11.9. The van der Waals surface area contributed by atoms with Crippen LogP contribution in [0.4, 0.5) is 5.69 Å². The van der Waals surface area contributed by atoms with Gasteiger partial charge in [0.05, 0.1) is 19.1 Å². The second kappa shape index (κ2) is 13.5. The van der Waals surface area contributed by atoms with E-state index in [1.807, 2.05) is 19.9 Å². The molecule has 0 radical (unpaired) electrons. The average Bonchev–Trinajstić information content (AvgIpc) is 2.82. The maximum Gasteiger partial charge on any atom is 0.242 e. The molecule has 198 valence electrons. The molecule has 0 saturated heterocycles. The molecule has 2 rings (SSSR count). The third kappa shape index (κ3) is 9.02. The Kier molecular flexibility index (Phi) is 11.0. The first-order chi connectivity index (χ1) is 16.9. The lowest BCUT2D eigenvalue weighted by Gasteiger charge is -2.29. The van der Waals surface area contributed by atoms with Gasteiger partial charge in [0.15, 0.2) is 0 Å². The van der Waals surface area contributed by atoms with Gasteiger partial charge in [0.2, 0.25) is 21.8 Å². The van der Waals surface area contributed by atoms with Crippen LogP contribution in [-0.4, -0.2) is 57.6 Å². The van der Waals surface area contributed by atoms with E-state index >= 15 is 0 Å². The topological polar surface area (TPSA) is 96.0 Å². The fourth-order valence-electron chi connectivity index (χ4n) is 3.64. The molecule has 0 bridgehead atoms. The summed E-state index contributed by atoms with van der Waals surface area (Å²) in [4.78, 5) is 27.6. The van der Waals surface area contributed by atoms with Gasteiger partial charge in [-0.05, 0) is 49.1 Å². The summed E-state index contributed by atoms with van der Waals surface area (Å²) in [5.74, 6) is 0.317. The summed E-state index contributed by atoms with van der Waals surface area (Å²) in [5.41, 5.74) is 1.26. The van der Waals surface area contributed by atoms with E-state index in [1.165, 1.54) is 16.3 Å². The predicted molar refractivity (Wildman–Crippen MR) is 144 cm³/mol. The van der Waals surface area contributed by atoms with Gasteiger partial charge in [-0.1, -0.05) is 43.6 Å². The highest BCUT2D eigenvalue weighted by molar-refractivity contribution is 7.92.